The molecule has 2 aliphatic rings. The first kappa shape index (κ1) is 20.8. The molecule has 29 heavy (non-hydrogen) atoms. The van der Waals surface area contributed by atoms with Gasteiger partial charge in [0.25, 0.3) is 5.91 Å². The number of amides is 4. The third kappa shape index (κ3) is 4.90. The van der Waals surface area contributed by atoms with Gasteiger partial charge in [0.2, 0.25) is 17.7 Å². The van der Waals surface area contributed by atoms with Crippen LogP contribution in [0.1, 0.15) is 39.0 Å². The van der Waals surface area contributed by atoms with Gasteiger partial charge in [-0.25, -0.2) is 4.39 Å². The molecule has 1 aromatic rings. The summed E-state index contributed by atoms with van der Waals surface area (Å²) < 4.78 is 18.2. The minimum Gasteiger partial charge on any atom is -0.481 e. The van der Waals surface area contributed by atoms with Crippen LogP contribution >= 0.6 is 0 Å². The number of carbonyl (C=O) groups is 4. The van der Waals surface area contributed by atoms with Crippen molar-refractivity contribution in [1.82, 2.24) is 15.8 Å². The van der Waals surface area contributed by atoms with Crippen LogP contribution in [-0.2, 0) is 19.2 Å². The van der Waals surface area contributed by atoms with Crippen LogP contribution in [0, 0.1) is 17.7 Å². The molecule has 0 spiro atoms. The van der Waals surface area contributed by atoms with Gasteiger partial charge in [-0.3, -0.25) is 34.9 Å². The predicted molar refractivity (Wildman–Crippen MR) is 99.6 cm³/mol. The lowest BCUT2D eigenvalue weighted by molar-refractivity contribution is -0.140. The first-order valence-corrected chi connectivity index (χ1v) is 9.73. The van der Waals surface area contributed by atoms with Crippen LogP contribution in [0.2, 0.25) is 0 Å². The minimum absolute atomic E-state index is 0.00595. The van der Waals surface area contributed by atoms with Crippen molar-refractivity contribution in [2.24, 2.45) is 11.8 Å². The van der Waals surface area contributed by atoms with Crippen LogP contribution in [0.15, 0.2) is 24.3 Å². The molecule has 1 saturated heterocycles. The zero-order chi connectivity index (χ0) is 21.0. The van der Waals surface area contributed by atoms with Gasteiger partial charge in [0.05, 0.1) is 11.8 Å². The Kier molecular flexibility index (Phi) is 6.46. The molecule has 0 unspecified atom stereocenters. The number of ether oxygens (including phenoxy) is 1. The van der Waals surface area contributed by atoms with Crippen molar-refractivity contribution < 1.29 is 28.3 Å². The smallest absolute Gasteiger partial charge is 0.279 e. The summed E-state index contributed by atoms with van der Waals surface area (Å²) in [7, 11) is 0. The highest BCUT2D eigenvalue weighted by molar-refractivity contribution is 6.05. The fourth-order valence-electron chi connectivity index (χ4n) is 3.73. The second-order valence-electron chi connectivity index (χ2n) is 7.33. The van der Waals surface area contributed by atoms with Gasteiger partial charge in [0, 0.05) is 13.0 Å². The largest absolute Gasteiger partial charge is 0.481 e. The van der Waals surface area contributed by atoms with Gasteiger partial charge in [-0.15, -0.1) is 0 Å². The van der Waals surface area contributed by atoms with Gasteiger partial charge in [0.1, 0.15) is 11.6 Å². The second-order valence-corrected chi connectivity index (χ2v) is 7.33. The quantitative estimate of drug-likeness (QED) is 0.548. The molecule has 0 aromatic heterocycles. The maximum absolute atomic E-state index is 12.9. The van der Waals surface area contributed by atoms with Gasteiger partial charge in [-0.2, -0.15) is 0 Å². The minimum atomic E-state index is -0.925. The lowest BCUT2D eigenvalue weighted by Crippen LogP contribution is -2.48. The van der Waals surface area contributed by atoms with Crippen molar-refractivity contribution >= 4 is 23.6 Å². The van der Waals surface area contributed by atoms with Crippen LogP contribution in [0.25, 0.3) is 0 Å². The summed E-state index contributed by atoms with van der Waals surface area (Å²) >= 11 is 0. The van der Waals surface area contributed by atoms with E-state index in [1.807, 2.05) is 0 Å². The Hall–Kier alpha value is -2.97. The number of nitrogens with one attached hydrogen (secondary N) is 2. The Labute approximate surface area is 167 Å². The fraction of sp³-hybridized carbons (Fsp3) is 0.500. The lowest BCUT2D eigenvalue weighted by Gasteiger charge is -2.19. The number of benzene rings is 1. The third-order valence-electron chi connectivity index (χ3n) is 5.32. The van der Waals surface area contributed by atoms with Crippen molar-refractivity contribution in [2.75, 3.05) is 6.54 Å². The van der Waals surface area contributed by atoms with E-state index in [1.165, 1.54) is 36.1 Å². The zero-order valence-electron chi connectivity index (χ0n) is 16.2. The van der Waals surface area contributed by atoms with E-state index in [2.05, 4.69) is 10.9 Å². The molecule has 1 aliphatic carbocycles. The standard InChI is InChI=1S/C20H24FN3O5/c1-12(29-14-8-6-13(21)7-9-14)18(26)23-22-17(25)10-11-24-19(27)15-4-2-3-5-16(15)20(24)28/h6-9,12,15-16H,2-5,10-11H2,1H3,(H,22,25)(H,23,26)/t12-,15-,16-/m0/s1. The fourth-order valence-corrected chi connectivity index (χ4v) is 3.73. The monoisotopic (exact) mass is 405 g/mol. The number of hydrogen-bond acceptors (Lipinski definition) is 5. The van der Waals surface area contributed by atoms with E-state index in [-0.39, 0.29) is 36.6 Å². The molecule has 0 radical (unpaired) electrons. The van der Waals surface area contributed by atoms with Gasteiger partial charge >= 0.3 is 0 Å². The summed E-state index contributed by atoms with van der Waals surface area (Å²) in [5.41, 5.74) is 4.48. The molecule has 8 nitrogen and oxygen atoms in total. The van der Waals surface area contributed by atoms with Gasteiger partial charge in [-0.05, 0) is 44.0 Å². The van der Waals surface area contributed by atoms with E-state index in [9.17, 15) is 23.6 Å². The van der Waals surface area contributed by atoms with Crippen LogP contribution in [0.4, 0.5) is 4.39 Å². The van der Waals surface area contributed by atoms with Crippen molar-refractivity contribution in [3.05, 3.63) is 30.1 Å². The zero-order valence-corrected chi connectivity index (χ0v) is 16.2. The number of fused-ring (bicyclic) bond motifs is 1. The van der Waals surface area contributed by atoms with Crippen LogP contribution in [0.5, 0.6) is 5.75 Å². The normalized spacial score (nSPS) is 22.1. The van der Waals surface area contributed by atoms with Crippen molar-refractivity contribution in [1.29, 1.82) is 0 Å². The third-order valence-corrected chi connectivity index (χ3v) is 5.32. The topological polar surface area (TPSA) is 105 Å². The molecule has 0 bridgehead atoms. The van der Waals surface area contributed by atoms with Crippen LogP contribution in [0.3, 0.4) is 0 Å². The lowest BCUT2D eigenvalue weighted by atomic mass is 9.81. The van der Waals surface area contributed by atoms with E-state index in [1.54, 1.807) is 0 Å². The molecule has 3 atom stereocenters. The average molecular weight is 405 g/mol. The molecule has 1 aliphatic heterocycles. The molecule has 2 N–H and O–H groups in total. The average Bonchev–Trinajstić information content (AvgIpc) is 2.96. The van der Waals surface area contributed by atoms with Gasteiger partial charge < -0.3 is 4.74 Å². The second kappa shape index (κ2) is 9.02. The van der Waals surface area contributed by atoms with E-state index >= 15 is 0 Å². The van der Waals surface area contributed by atoms with E-state index in [0.717, 1.165) is 25.7 Å². The number of halogens is 1. The Balaban J connectivity index is 1.41. The Morgan fingerprint density at radius 3 is 2.28 bits per heavy atom. The molecule has 1 heterocycles. The predicted octanol–water partition coefficient (Wildman–Crippen LogP) is 1.31. The molecule has 9 heteroatoms. The molecule has 4 amide bonds. The molecule has 2 fully saturated rings. The van der Waals surface area contributed by atoms with E-state index < -0.39 is 23.7 Å². The summed E-state index contributed by atoms with van der Waals surface area (Å²) in [6.45, 7) is 1.47. The molecule has 1 aromatic carbocycles. The molecule has 156 valence electrons. The number of hydrazine groups is 1. The molecular weight excluding hydrogens is 381 g/mol. The number of nitrogens with zero attached hydrogens (tertiary/aromatic N) is 1. The van der Waals surface area contributed by atoms with Crippen LogP contribution < -0.4 is 15.6 Å². The number of rotatable bonds is 6. The van der Waals surface area contributed by atoms with Crippen LogP contribution in [-0.4, -0.2) is 41.2 Å². The number of imide groups is 1. The first-order valence-electron chi connectivity index (χ1n) is 9.73. The number of hydrogen-bond donors (Lipinski definition) is 2. The first-order chi connectivity index (χ1) is 13.9. The van der Waals surface area contributed by atoms with Gasteiger partial charge in [-0.1, -0.05) is 12.8 Å². The Morgan fingerprint density at radius 1 is 1.10 bits per heavy atom. The van der Waals surface area contributed by atoms with E-state index in [4.69, 9.17) is 4.74 Å². The maximum atomic E-state index is 12.9. The molecule has 3 rings (SSSR count). The summed E-state index contributed by atoms with van der Waals surface area (Å²) in [5, 5.41) is 0. The highest BCUT2D eigenvalue weighted by atomic mass is 19.1. The molecular formula is C20H24FN3O5. The van der Waals surface area contributed by atoms with E-state index in [0.29, 0.717) is 5.75 Å². The highest BCUT2D eigenvalue weighted by Gasteiger charge is 2.47. The van der Waals surface area contributed by atoms with Crippen molar-refractivity contribution in [3.63, 3.8) is 0 Å². The summed E-state index contributed by atoms with van der Waals surface area (Å²) in [6.07, 6.45) is 2.30. The number of likely N-dealkylation sites (tertiary alicyclic amines) is 1. The van der Waals surface area contributed by atoms with Gasteiger partial charge in [0.15, 0.2) is 6.10 Å². The SMILES string of the molecule is C[C@H](Oc1ccc(F)cc1)C(=O)NNC(=O)CCN1C(=O)[C@H]2CCCC[C@@H]2C1=O. The maximum Gasteiger partial charge on any atom is 0.279 e. The molecule has 1 saturated carbocycles. The Bertz CT molecular complexity index is 774. The highest BCUT2D eigenvalue weighted by Crippen LogP contribution is 2.37. The van der Waals surface area contributed by atoms with Crippen molar-refractivity contribution in [2.45, 2.75) is 45.1 Å². The summed E-state index contributed by atoms with van der Waals surface area (Å²) in [4.78, 5) is 49.9. The Morgan fingerprint density at radius 2 is 1.69 bits per heavy atom. The summed E-state index contributed by atoms with van der Waals surface area (Å²) in [5.74, 6) is -2.11. The number of carbonyl (C=O) groups excluding carboxylic acids is 4. The van der Waals surface area contributed by atoms with Crippen molar-refractivity contribution in [3.8, 4) is 5.75 Å². The summed E-state index contributed by atoms with van der Waals surface area (Å²) in [6, 6.07) is 5.19.